The molecule has 29 heavy (non-hydrogen) atoms. The summed E-state index contributed by atoms with van der Waals surface area (Å²) in [4.78, 5) is 27.5. The molecule has 0 aromatic heterocycles. The smallest absolute Gasteiger partial charge is 0.338 e. The second-order valence-electron chi connectivity index (χ2n) is 6.52. The van der Waals surface area contributed by atoms with Gasteiger partial charge in [0.05, 0.1) is 17.0 Å². The van der Waals surface area contributed by atoms with Gasteiger partial charge in [-0.05, 0) is 49.0 Å². The van der Waals surface area contributed by atoms with Crippen LogP contribution in [-0.4, -0.2) is 43.7 Å². The van der Waals surface area contributed by atoms with E-state index in [-0.39, 0.29) is 17.1 Å². The van der Waals surface area contributed by atoms with Crippen molar-refractivity contribution in [3.05, 3.63) is 58.6 Å². The van der Waals surface area contributed by atoms with Gasteiger partial charge in [-0.3, -0.25) is 4.79 Å². The Bertz CT molecular complexity index is 1160. The Hall–Kier alpha value is -2.36. The molecule has 1 atom stereocenters. The van der Waals surface area contributed by atoms with E-state index in [0.29, 0.717) is 27.2 Å². The standard InChI is InChI=1S/C19H15ClN2O5S2/c1-11(17(23)12-3-2-4-14(20)9-12)27-18(24)13-5-6-15-16(10-13)28-19-21-29(25,26)8-7-22(15)19/h2-6,9-11H,7-8H2,1H3/t11-/m0/s1. The molecule has 0 saturated carbocycles. The van der Waals surface area contributed by atoms with Crippen LogP contribution in [0.2, 0.25) is 5.02 Å². The summed E-state index contributed by atoms with van der Waals surface area (Å²) < 4.78 is 32.5. The van der Waals surface area contributed by atoms with E-state index >= 15 is 0 Å². The van der Waals surface area contributed by atoms with Crippen LogP contribution >= 0.6 is 23.4 Å². The first-order valence-electron chi connectivity index (χ1n) is 8.66. The molecule has 0 spiro atoms. The molecule has 0 fully saturated rings. The number of ether oxygens (including phenoxy) is 1. The number of nitrogens with zero attached hydrogens (tertiary/aromatic N) is 2. The van der Waals surface area contributed by atoms with Crippen molar-refractivity contribution in [2.75, 3.05) is 17.2 Å². The number of ketones is 1. The lowest BCUT2D eigenvalue weighted by Gasteiger charge is -2.22. The maximum atomic E-state index is 12.5. The Labute approximate surface area is 176 Å². The molecule has 10 heteroatoms. The average molecular weight is 451 g/mol. The molecule has 2 aromatic carbocycles. The van der Waals surface area contributed by atoms with E-state index in [4.69, 9.17) is 16.3 Å². The number of fused-ring (bicyclic) bond motifs is 3. The minimum atomic E-state index is -3.45. The van der Waals surface area contributed by atoms with Crippen LogP contribution in [-0.2, 0) is 14.8 Å². The van der Waals surface area contributed by atoms with Gasteiger partial charge in [-0.25, -0.2) is 13.2 Å². The van der Waals surface area contributed by atoms with Crippen LogP contribution in [0.1, 0.15) is 27.6 Å². The number of Topliss-reactive ketones (excluding diaryl/α,β-unsaturated/α-hetero) is 1. The molecule has 0 unspecified atom stereocenters. The maximum absolute atomic E-state index is 12.5. The zero-order valence-electron chi connectivity index (χ0n) is 15.2. The van der Waals surface area contributed by atoms with Crippen LogP contribution in [0.15, 0.2) is 51.8 Å². The third-order valence-electron chi connectivity index (χ3n) is 4.47. The van der Waals surface area contributed by atoms with Gasteiger partial charge in [-0.2, -0.15) is 0 Å². The minimum Gasteiger partial charge on any atom is -0.451 e. The third-order valence-corrected chi connectivity index (χ3v) is 7.01. The van der Waals surface area contributed by atoms with E-state index in [9.17, 15) is 18.0 Å². The number of esters is 1. The molecule has 0 aliphatic carbocycles. The number of hydrogen-bond donors (Lipinski definition) is 0. The lowest BCUT2D eigenvalue weighted by Crippen LogP contribution is -2.35. The molecular formula is C19H15ClN2O5S2. The van der Waals surface area contributed by atoms with Gasteiger partial charge in [-0.1, -0.05) is 23.7 Å². The summed E-state index contributed by atoms with van der Waals surface area (Å²) in [6, 6.07) is 11.4. The molecule has 7 nitrogen and oxygen atoms in total. The van der Waals surface area contributed by atoms with E-state index in [1.54, 1.807) is 36.4 Å². The van der Waals surface area contributed by atoms with Crippen LogP contribution in [0.25, 0.3) is 0 Å². The van der Waals surface area contributed by atoms with Crippen LogP contribution in [0.4, 0.5) is 5.69 Å². The van der Waals surface area contributed by atoms with Crippen LogP contribution in [0.5, 0.6) is 0 Å². The van der Waals surface area contributed by atoms with Gasteiger partial charge < -0.3 is 9.64 Å². The van der Waals surface area contributed by atoms with Gasteiger partial charge in [0.1, 0.15) is 0 Å². The van der Waals surface area contributed by atoms with Gasteiger partial charge in [0.2, 0.25) is 5.78 Å². The number of halogens is 1. The molecule has 2 aliphatic heterocycles. The maximum Gasteiger partial charge on any atom is 0.338 e. The molecule has 0 N–H and O–H groups in total. The van der Waals surface area contributed by atoms with Crippen LogP contribution in [0, 0.1) is 0 Å². The molecular weight excluding hydrogens is 436 g/mol. The van der Waals surface area contributed by atoms with E-state index in [2.05, 4.69) is 4.40 Å². The number of rotatable bonds is 4. The highest BCUT2D eigenvalue weighted by molar-refractivity contribution is 8.15. The lowest BCUT2D eigenvalue weighted by molar-refractivity contribution is 0.0318. The Morgan fingerprint density at radius 2 is 2.00 bits per heavy atom. The normalized spacial score (nSPS) is 17.7. The van der Waals surface area contributed by atoms with Crippen molar-refractivity contribution in [1.29, 1.82) is 0 Å². The first kappa shape index (κ1) is 19.9. The SMILES string of the molecule is C[C@H](OC(=O)c1ccc2c(c1)SC1=NS(=O)(=O)CCN12)C(=O)c1cccc(Cl)c1. The summed E-state index contributed by atoms with van der Waals surface area (Å²) in [7, 11) is -3.45. The van der Waals surface area contributed by atoms with Crippen LogP contribution < -0.4 is 4.90 Å². The van der Waals surface area contributed by atoms with E-state index in [1.807, 2.05) is 4.90 Å². The summed E-state index contributed by atoms with van der Waals surface area (Å²) in [5.41, 5.74) is 1.42. The first-order valence-corrected chi connectivity index (χ1v) is 11.5. The summed E-state index contributed by atoms with van der Waals surface area (Å²) in [5.74, 6) is -1.05. The van der Waals surface area contributed by atoms with Crippen molar-refractivity contribution < 1.29 is 22.7 Å². The highest BCUT2D eigenvalue weighted by Crippen LogP contribution is 2.42. The van der Waals surface area contributed by atoms with Crippen molar-refractivity contribution in [3.63, 3.8) is 0 Å². The number of amidine groups is 1. The fourth-order valence-corrected chi connectivity index (χ4v) is 5.50. The molecule has 4 rings (SSSR count). The predicted molar refractivity (Wildman–Crippen MR) is 112 cm³/mol. The van der Waals surface area contributed by atoms with Crippen molar-refractivity contribution in [1.82, 2.24) is 0 Å². The fourth-order valence-electron chi connectivity index (χ4n) is 3.02. The van der Waals surface area contributed by atoms with Crippen molar-refractivity contribution in [3.8, 4) is 0 Å². The highest BCUT2D eigenvalue weighted by Gasteiger charge is 2.33. The van der Waals surface area contributed by atoms with Gasteiger partial charge in [-0.15, -0.1) is 4.40 Å². The molecule has 2 heterocycles. The topological polar surface area (TPSA) is 93.1 Å². The number of benzene rings is 2. The van der Waals surface area contributed by atoms with Crippen molar-refractivity contribution >= 4 is 56.0 Å². The number of anilines is 1. The summed E-state index contributed by atoms with van der Waals surface area (Å²) in [6.45, 7) is 1.82. The predicted octanol–water partition coefficient (Wildman–Crippen LogP) is 3.38. The second kappa shape index (κ2) is 7.47. The minimum absolute atomic E-state index is 0.0522. The quantitative estimate of drug-likeness (QED) is 0.520. The Morgan fingerprint density at radius 3 is 2.76 bits per heavy atom. The molecule has 150 valence electrons. The highest BCUT2D eigenvalue weighted by atomic mass is 35.5. The Morgan fingerprint density at radius 1 is 1.21 bits per heavy atom. The van der Waals surface area contributed by atoms with Gasteiger partial charge in [0.25, 0.3) is 10.0 Å². The molecule has 2 aromatic rings. The third kappa shape index (κ3) is 4.03. The number of sulfonamides is 1. The number of carbonyl (C=O) groups is 2. The number of carbonyl (C=O) groups excluding carboxylic acids is 2. The van der Waals surface area contributed by atoms with Gasteiger partial charge >= 0.3 is 5.97 Å². The van der Waals surface area contributed by atoms with E-state index in [1.165, 1.54) is 24.8 Å². The van der Waals surface area contributed by atoms with E-state index < -0.39 is 22.1 Å². The van der Waals surface area contributed by atoms with Gasteiger partial charge in [0, 0.05) is 22.0 Å². The zero-order chi connectivity index (χ0) is 20.8. The van der Waals surface area contributed by atoms with Crippen LogP contribution in [0.3, 0.4) is 0 Å². The van der Waals surface area contributed by atoms with Crippen molar-refractivity contribution in [2.45, 2.75) is 17.9 Å². The molecule has 2 aliphatic rings. The molecule has 0 amide bonds. The van der Waals surface area contributed by atoms with E-state index in [0.717, 1.165) is 5.69 Å². The Kier molecular flexibility index (Phi) is 5.14. The zero-order valence-corrected chi connectivity index (χ0v) is 17.6. The Balaban J connectivity index is 1.51. The summed E-state index contributed by atoms with van der Waals surface area (Å²) in [6.07, 6.45) is -0.984. The van der Waals surface area contributed by atoms with Gasteiger partial charge in [0.15, 0.2) is 11.3 Å². The summed E-state index contributed by atoms with van der Waals surface area (Å²) >= 11 is 7.09. The number of thioether (sulfide) groups is 1. The van der Waals surface area contributed by atoms with Crippen molar-refractivity contribution in [2.24, 2.45) is 4.40 Å². The molecule has 0 bridgehead atoms. The average Bonchev–Trinajstić information content (AvgIpc) is 3.02. The number of hydrogen-bond acceptors (Lipinski definition) is 7. The monoisotopic (exact) mass is 450 g/mol. The molecule has 0 saturated heterocycles. The lowest BCUT2D eigenvalue weighted by atomic mass is 10.1. The first-order chi connectivity index (χ1) is 13.7. The second-order valence-corrected chi connectivity index (χ2v) is 9.72. The molecule has 0 radical (unpaired) electrons. The largest absolute Gasteiger partial charge is 0.451 e. The summed E-state index contributed by atoms with van der Waals surface area (Å²) in [5, 5.41) is 0.799. The fraction of sp³-hybridized carbons (Fsp3) is 0.211.